The summed E-state index contributed by atoms with van der Waals surface area (Å²) in [6.07, 6.45) is 0. The minimum Gasteiger partial charge on any atom is -0.382 e. The Morgan fingerprint density at radius 2 is 2.11 bits per heavy atom. The van der Waals surface area contributed by atoms with Crippen LogP contribution >= 0.6 is 0 Å². The van der Waals surface area contributed by atoms with Crippen LogP contribution in [0.4, 0.5) is 5.69 Å². The zero-order valence-corrected chi connectivity index (χ0v) is 10.5. The quantitative estimate of drug-likeness (QED) is 0.759. The molecule has 1 fully saturated rings. The molecule has 1 aromatic carbocycles. The van der Waals surface area contributed by atoms with Gasteiger partial charge in [0, 0.05) is 7.11 Å². The Kier molecular flexibility index (Phi) is 4.55. The zero-order chi connectivity index (χ0) is 12.8. The number of nitrogens with one attached hydrogen (secondary N) is 1. The van der Waals surface area contributed by atoms with Crippen LogP contribution in [-0.4, -0.2) is 39.4 Å². The number of ether oxygens (including phenoxy) is 2. The smallest absolute Gasteiger partial charge is 0.245 e. The molecule has 0 bridgehead atoms. The number of benzene rings is 1. The van der Waals surface area contributed by atoms with Crippen molar-refractivity contribution < 1.29 is 14.3 Å². The first-order valence-corrected chi connectivity index (χ1v) is 6.01. The van der Waals surface area contributed by atoms with Gasteiger partial charge in [0.1, 0.15) is 0 Å². The molecule has 98 valence electrons. The van der Waals surface area contributed by atoms with Gasteiger partial charge < -0.3 is 9.47 Å². The Morgan fingerprint density at radius 1 is 1.33 bits per heavy atom. The number of hydrogen-bond acceptors (Lipinski definition) is 4. The van der Waals surface area contributed by atoms with Crippen molar-refractivity contribution in [1.29, 1.82) is 0 Å². The van der Waals surface area contributed by atoms with Crippen LogP contribution in [0.25, 0.3) is 0 Å². The van der Waals surface area contributed by atoms with Crippen molar-refractivity contribution in [1.82, 2.24) is 5.43 Å². The van der Waals surface area contributed by atoms with Crippen molar-refractivity contribution in [3.05, 3.63) is 30.3 Å². The lowest BCUT2D eigenvalue weighted by molar-refractivity contribution is -0.124. The predicted molar refractivity (Wildman–Crippen MR) is 68.1 cm³/mol. The molecule has 1 heterocycles. The van der Waals surface area contributed by atoms with Gasteiger partial charge in [-0.15, -0.1) is 0 Å². The summed E-state index contributed by atoms with van der Waals surface area (Å²) in [7, 11) is 1.63. The molecule has 0 aliphatic carbocycles. The second-order valence-corrected chi connectivity index (χ2v) is 4.19. The third-order valence-corrected chi connectivity index (χ3v) is 2.84. The molecule has 1 aliphatic rings. The number of amides is 1. The van der Waals surface area contributed by atoms with Gasteiger partial charge in [-0.2, -0.15) is 0 Å². The Morgan fingerprint density at radius 3 is 2.83 bits per heavy atom. The van der Waals surface area contributed by atoms with Crippen LogP contribution in [0.1, 0.15) is 0 Å². The van der Waals surface area contributed by atoms with Crippen LogP contribution in [-0.2, 0) is 14.3 Å². The van der Waals surface area contributed by atoms with Crippen LogP contribution in [0.15, 0.2) is 30.3 Å². The standard InChI is InChI=1S/C13H18N2O3/c1-17-7-8-18-10-11-9-15(14-13(11)16)12-5-3-2-4-6-12/h2-6,11H,7-10H2,1H3,(H,14,16). The number of carbonyl (C=O) groups is 1. The Bertz CT molecular complexity index is 383. The minimum atomic E-state index is -0.123. The molecular weight excluding hydrogens is 232 g/mol. The number of rotatable bonds is 6. The van der Waals surface area contributed by atoms with Crippen LogP contribution in [0.3, 0.4) is 0 Å². The molecule has 18 heavy (non-hydrogen) atoms. The Hall–Kier alpha value is -1.59. The highest BCUT2D eigenvalue weighted by Crippen LogP contribution is 2.18. The monoisotopic (exact) mass is 250 g/mol. The molecule has 0 radical (unpaired) electrons. The summed E-state index contributed by atoms with van der Waals surface area (Å²) in [6, 6.07) is 9.78. The average molecular weight is 250 g/mol. The molecule has 1 unspecified atom stereocenters. The molecule has 1 atom stereocenters. The zero-order valence-electron chi connectivity index (χ0n) is 10.5. The van der Waals surface area contributed by atoms with E-state index in [0.29, 0.717) is 26.4 Å². The summed E-state index contributed by atoms with van der Waals surface area (Å²) in [6.45, 7) is 2.14. The molecule has 0 aromatic heterocycles. The van der Waals surface area contributed by atoms with Crippen molar-refractivity contribution in [3.63, 3.8) is 0 Å². The molecular formula is C13H18N2O3. The van der Waals surface area contributed by atoms with Gasteiger partial charge in [-0.25, -0.2) is 0 Å². The maximum absolute atomic E-state index is 11.8. The molecule has 5 heteroatoms. The first-order chi connectivity index (χ1) is 8.81. The van der Waals surface area contributed by atoms with E-state index in [2.05, 4.69) is 5.43 Å². The van der Waals surface area contributed by atoms with E-state index in [1.807, 2.05) is 35.3 Å². The molecule has 0 spiro atoms. The van der Waals surface area contributed by atoms with Gasteiger partial charge in [0.25, 0.3) is 0 Å². The van der Waals surface area contributed by atoms with Crippen molar-refractivity contribution in [3.8, 4) is 0 Å². The highest BCUT2D eigenvalue weighted by Gasteiger charge is 2.30. The summed E-state index contributed by atoms with van der Waals surface area (Å²) in [5, 5.41) is 1.85. The van der Waals surface area contributed by atoms with E-state index in [4.69, 9.17) is 9.47 Å². The SMILES string of the molecule is COCCOCC1CN(c2ccccc2)NC1=O. The maximum Gasteiger partial charge on any atom is 0.245 e. The number of methoxy groups -OCH3 is 1. The maximum atomic E-state index is 11.8. The highest BCUT2D eigenvalue weighted by molar-refractivity contribution is 5.84. The van der Waals surface area contributed by atoms with Crippen LogP contribution in [0, 0.1) is 5.92 Å². The lowest BCUT2D eigenvalue weighted by atomic mass is 10.1. The number of hydrogen-bond donors (Lipinski definition) is 1. The third kappa shape index (κ3) is 3.21. The molecule has 1 saturated heterocycles. The fourth-order valence-corrected chi connectivity index (χ4v) is 1.85. The van der Waals surface area contributed by atoms with E-state index in [1.54, 1.807) is 7.11 Å². The van der Waals surface area contributed by atoms with Gasteiger partial charge in [-0.1, -0.05) is 18.2 Å². The molecule has 1 aromatic rings. The number of para-hydroxylation sites is 1. The number of nitrogens with zero attached hydrogens (tertiary/aromatic N) is 1. The normalized spacial score (nSPS) is 19.1. The van der Waals surface area contributed by atoms with Gasteiger partial charge in [0.15, 0.2) is 0 Å². The van der Waals surface area contributed by atoms with Gasteiger partial charge in [0.2, 0.25) is 5.91 Å². The topological polar surface area (TPSA) is 50.8 Å². The van der Waals surface area contributed by atoms with Gasteiger partial charge in [-0.3, -0.25) is 15.2 Å². The van der Waals surface area contributed by atoms with E-state index in [9.17, 15) is 4.79 Å². The lowest BCUT2D eigenvalue weighted by Crippen LogP contribution is -2.32. The summed E-state index contributed by atoms with van der Waals surface area (Å²) in [4.78, 5) is 11.8. The summed E-state index contributed by atoms with van der Waals surface area (Å²) in [5.41, 5.74) is 3.84. The van der Waals surface area contributed by atoms with E-state index >= 15 is 0 Å². The first kappa shape index (κ1) is 12.9. The summed E-state index contributed by atoms with van der Waals surface area (Å²) < 4.78 is 10.3. The van der Waals surface area contributed by atoms with Crippen molar-refractivity contribution in [2.24, 2.45) is 5.92 Å². The highest BCUT2D eigenvalue weighted by atomic mass is 16.5. The van der Waals surface area contributed by atoms with E-state index in [0.717, 1.165) is 5.69 Å². The first-order valence-electron chi connectivity index (χ1n) is 6.01. The molecule has 1 amide bonds. The van der Waals surface area contributed by atoms with Crippen molar-refractivity contribution in [2.75, 3.05) is 38.5 Å². The molecule has 0 saturated carbocycles. The van der Waals surface area contributed by atoms with Gasteiger partial charge in [0.05, 0.1) is 38.0 Å². The third-order valence-electron chi connectivity index (χ3n) is 2.84. The van der Waals surface area contributed by atoms with Crippen LogP contribution in [0.2, 0.25) is 0 Å². The fourth-order valence-electron chi connectivity index (χ4n) is 1.85. The van der Waals surface area contributed by atoms with Crippen LogP contribution < -0.4 is 10.4 Å². The van der Waals surface area contributed by atoms with E-state index in [1.165, 1.54) is 0 Å². The fraction of sp³-hybridized carbons (Fsp3) is 0.462. The predicted octanol–water partition coefficient (Wildman–Crippen LogP) is 0.817. The minimum absolute atomic E-state index is 0.0104. The van der Waals surface area contributed by atoms with Crippen molar-refractivity contribution in [2.45, 2.75) is 0 Å². The van der Waals surface area contributed by atoms with Gasteiger partial charge >= 0.3 is 0 Å². The number of anilines is 1. The van der Waals surface area contributed by atoms with E-state index < -0.39 is 0 Å². The Labute approximate surface area is 107 Å². The number of hydrazine groups is 1. The van der Waals surface area contributed by atoms with E-state index in [-0.39, 0.29) is 11.8 Å². The molecule has 1 aliphatic heterocycles. The van der Waals surface area contributed by atoms with Crippen LogP contribution in [0.5, 0.6) is 0 Å². The number of carbonyl (C=O) groups excluding carboxylic acids is 1. The van der Waals surface area contributed by atoms with Gasteiger partial charge in [-0.05, 0) is 12.1 Å². The van der Waals surface area contributed by atoms with Crippen molar-refractivity contribution >= 4 is 11.6 Å². The molecule has 2 rings (SSSR count). The average Bonchev–Trinajstić information content (AvgIpc) is 2.77. The summed E-state index contributed by atoms with van der Waals surface area (Å²) >= 11 is 0. The lowest BCUT2D eigenvalue weighted by Gasteiger charge is -2.17. The largest absolute Gasteiger partial charge is 0.382 e. The molecule has 1 N–H and O–H groups in total. The Balaban J connectivity index is 1.83. The second-order valence-electron chi connectivity index (χ2n) is 4.19. The molecule has 5 nitrogen and oxygen atoms in total. The second kappa shape index (κ2) is 6.37. The summed E-state index contributed by atoms with van der Waals surface area (Å²) in [5.74, 6) is -0.113.